The molecule has 2 heterocycles. The van der Waals surface area contributed by atoms with Gasteiger partial charge in [0, 0.05) is 36.3 Å². The SMILES string of the molecule is Cc1nc2c(c(C(F)(F)F)n1)CC(C(=O)N1CCC(C)CC1CN)CC2. The van der Waals surface area contributed by atoms with Crippen LogP contribution in [0.5, 0.6) is 0 Å². The largest absolute Gasteiger partial charge is 0.433 e. The van der Waals surface area contributed by atoms with Crippen molar-refractivity contribution in [2.24, 2.45) is 17.6 Å². The van der Waals surface area contributed by atoms with Crippen molar-refractivity contribution in [2.75, 3.05) is 13.1 Å². The summed E-state index contributed by atoms with van der Waals surface area (Å²) in [7, 11) is 0. The lowest BCUT2D eigenvalue weighted by Crippen LogP contribution is -2.52. The van der Waals surface area contributed by atoms with Crippen LogP contribution in [0.4, 0.5) is 13.2 Å². The van der Waals surface area contributed by atoms with Gasteiger partial charge in [0.15, 0.2) is 5.69 Å². The van der Waals surface area contributed by atoms with E-state index in [2.05, 4.69) is 16.9 Å². The topological polar surface area (TPSA) is 72.1 Å². The molecule has 1 amide bonds. The zero-order chi connectivity index (χ0) is 19.1. The van der Waals surface area contributed by atoms with E-state index in [1.165, 1.54) is 6.92 Å². The molecule has 5 nitrogen and oxygen atoms in total. The van der Waals surface area contributed by atoms with Crippen LogP contribution < -0.4 is 5.73 Å². The van der Waals surface area contributed by atoms with Crippen molar-refractivity contribution >= 4 is 5.91 Å². The lowest BCUT2D eigenvalue weighted by molar-refractivity contribution is -0.144. The summed E-state index contributed by atoms with van der Waals surface area (Å²) in [5.41, 5.74) is 5.46. The fraction of sp³-hybridized carbons (Fsp3) is 0.722. The summed E-state index contributed by atoms with van der Waals surface area (Å²) >= 11 is 0. The first-order valence-electron chi connectivity index (χ1n) is 9.14. The molecule has 3 rings (SSSR count). The number of aromatic nitrogens is 2. The number of carbonyl (C=O) groups is 1. The molecule has 2 aliphatic rings. The van der Waals surface area contributed by atoms with Crippen molar-refractivity contribution in [3.8, 4) is 0 Å². The fourth-order valence-electron chi connectivity index (χ4n) is 4.18. The fourth-order valence-corrected chi connectivity index (χ4v) is 4.18. The van der Waals surface area contributed by atoms with Gasteiger partial charge >= 0.3 is 6.18 Å². The standard InChI is InChI=1S/C18H25F3N4O/c1-10-5-6-25(13(7-10)9-22)17(26)12-3-4-15-14(8-12)16(18(19,20)21)24-11(2)23-15/h10,12-13H,3-9,22H2,1-2H3. The minimum Gasteiger partial charge on any atom is -0.338 e. The molecule has 0 spiro atoms. The van der Waals surface area contributed by atoms with E-state index in [4.69, 9.17) is 5.73 Å². The first-order valence-corrected chi connectivity index (χ1v) is 9.14. The summed E-state index contributed by atoms with van der Waals surface area (Å²) < 4.78 is 40.2. The van der Waals surface area contributed by atoms with Gasteiger partial charge in [-0.05, 0) is 44.9 Å². The minimum absolute atomic E-state index is 0.0241. The Morgan fingerprint density at radius 1 is 1.31 bits per heavy atom. The molecule has 0 aromatic carbocycles. The Morgan fingerprint density at radius 3 is 2.69 bits per heavy atom. The van der Waals surface area contributed by atoms with Crippen LogP contribution in [-0.2, 0) is 23.8 Å². The molecule has 1 saturated heterocycles. The van der Waals surface area contributed by atoms with Crippen LogP contribution >= 0.6 is 0 Å². The Kier molecular flexibility index (Phi) is 5.23. The molecule has 0 saturated carbocycles. The number of fused-ring (bicyclic) bond motifs is 1. The zero-order valence-corrected chi connectivity index (χ0v) is 15.1. The third-order valence-electron chi connectivity index (χ3n) is 5.54. The number of alkyl halides is 3. The van der Waals surface area contributed by atoms with Crippen molar-refractivity contribution in [3.05, 3.63) is 22.8 Å². The van der Waals surface area contributed by atoms with E-state index >= 15 is 0 Å². The summed E-state index contributed by atoms with van der Waals surface area (Å²) in [6.45, 7) is 4.61. The van der Waals surface area contributed by atoms with Crippen LogP contribution in [0.2, 0.25) is 0 Å². The summed E-state index contributed by atoms with van der Waals surface area (Å²) in [6.07, 6.45) is -1.85. The normalized spacial score (nSPS) is 26.5. The number of hydrogen-bond acceptors (Lipinski definition) is 4. The number of nitrogens with zero attached hydrogens (tertiary/aromatic N) is 3. The molecule has 1 aliphatic heterocycles. The summed E-state index contributed by atoms with van der Waals surface area (Å²) in [6, 6.07) is -0.0241. The number of hydrogen-bond donors (Lipinski definition) is 1. The molecule has 1 fully saturated rings. The Balaban J connectivity index is 1.85. The molecule has 1 aliphatic carbocycles. The number of amides is 1. The van der Waals surface area contributed by atoms with Gasteiger partial charge in [0.25, 0.3) is 0 Å². The van der Waals surface area contributed by atoms with Crippen LogP contribution in [0, 0.1) is 18.8 Å². The van der Waals surface area contributed by atoms with E-state index in [0.717, 1.165) is 12.8 Å². The Bertz CT molecular complexity index is 692. The van der Waals surface area contributed by atoms with Gasteiger partial charge in [-0.3, -0.25) is 4.79 Å². The quantitative estimate of drug-likeness (QED) is 0.868. The predicted octanol–water partition coefficient (Wildman–Crippen LogP) is 2.49. The number of likely N-dealkylation sites (tertiary alicyclic amines) is 1. The number of carbonyl (C=O) groups excluding carboxylic acids is 1. The highest BCUT2D eigenvalue weighted by atomic mass is 19.4. The number of nitrogens with two attached hydrogens (primary N) is 1. The number of piperidine rings is 1. The van der Waals surface area contributed by atoms with Crippen molar-refractivity contribution in [1.29, 1.82) is 0 Å². The van der Waals surface area contributed by atoms with Crippen molar-refractivity contribution < 1.29 is 18.0 Å². The maximum absolute atomic E-state index is 13.4. The average molecular weight is 370 g/mol. The van der Waals surface area contributed by atoms with Crippen LogP contribution in [0.3, 0.4) is 0 Å². The second-order valence-corrected chi connectivity index (χ2v) is 7.53. The Labute approximate surface area is 151 Å². The average Bonchev–Trinajstić information content (AvgIpc) is 2.59. The molecule has 144 valence electrons. The zero-order valence-electron chi connectivity index (χ0n) is 15.1. The van der Waals surface area contributed by atoms with E-state index < -0.39 is 17.8 Å². The van der Waals surface area contributed by atoms with Gasteiger partial charge < -0.3 is 10.6 Å². The van der Waals surface area contributed by atoms with E-state index in [9.17, 15) is 18.0 Å². The summed E-state index contributed by atoms with van der Waals surface area (Å²) in [5.74, 6) is 0.0889. The third-order valence-corrected chi connectivity index (χ3v) is 5.54. The van der Waals surface area contributed by atoms with E-state index in [1.807, 2.05) is 0 Å². The van der Waals surface area contributed by atoms with Gasteiger partial charge in [-0.15, -0.1) is 0 Å². The second-order valence-electron chi connectivity index (χ2n) is 7.53. The third kappa shape index (κ3) is 3.70. The number of rotatable bonds is 2. The van der Waals surface area contributed by atoms with Crippen LogP contribution in [0.25, 0.3) is 0 Å². The lowest BCUT2D eigenvalue weighted by Gasteiger charge is -2.40. The molecule has 0 bridgehead atoms. The maximum Gasteiger partial charge on any atom is 0.433 e. The van der Waals surface area contributed by atoms with Crippen LogP contribution in [-0.4, -0.2) is 39.9 Å². The molecule has 26 heavy (non-hydrogen) atoms. The smallest absolute Gasteiger partial charge is 0.338 e. The van der Waals surface area contributed by atoms with Gasteiger partial charge in [0.2, 0.25) is 5.91 Å². The van der Waals surface area contributed by atoms with E-state index in [1.54, 1.807) is 4.90 Å². The number of halogens is 3. The van der Waals surface area contributed by atoms with Gasteiger partial charge in [-0.25, -0.2) is 9.97 Å². The van der Waals surface area contributed by atoms with Gasteiger partial charge in [0.1, 0.15) is 5.82 Å². The van der Waals surface area contributed by atoms with Gasteiger partial charge in [-0.1, -0.05) is 6.92 Å². The van der Waals surface area contributed by atoms with E-state index in [0.29, 0.717) is 37.5 Å². The van der Waals surface area contributed by atoms with Crippen molar-refractivity contribution in [2.45, 2.75) is 58.2 Å². The predicted molar refractivity (Wildman–Crippen MR) is 90.2 cm³/mol. The first-order chi connectivity index (χ1) is 12.2. The molecule has 0 radical (unpaired) electrons. The minimum atomic E-state index is -4.54. The Hall–Kier alpha value is -1.70. The molecule has 1 aromatic rings. The molecule has 2 N–H and O–H groups in total. The summed E-state index contributed by atoms with van der Waals surface area (Å²) in [4.78, 5) is 22.6. The molecule has 8 heteroatoms. The molecule has 3 atom stereocenters. The molecular formula is C18H25F3N4O. The monoisotopic (exact) mass is 370 g/mol. The maximum atomic E-state index is 13.4. The van der Waals surface area contributed by atoms with Crippen molar-refractivity contribution in [3.63, 3.8) is 0 Å². The highest BCUT2D eigenvalue weighted by molar-refractivity contribution is 5.80. The lowest BCUT2D eigenvalue weighted by atomic mass is 9.83. The van der Waals surface area contributed by atoms with Crippen LogP contribution in [0.15, 0.2) is 0 Å². The van der Waals surface area contributed by atoms with E-state index in [-0.39, 0.29) is 29.8 Å². The second kappa shape index (κ2) is 7.13. The van der Waals surface area contributed by atoms with Crippen LogP contribution in [0.1, 0.15) is 49.0 Å². The number of aryl methyl sites for hydroxylation is 2. The molecular weight excluding hydrogens is 345 g/mol. The first kappa shape index (κ1) is 19.1. The molecule has 3 unspecified atom stereocenters. The summed E-state index contributed by atoms with van der Waals surface area (Å²) in [5, 5.41) is 0. The Morgan fingerprint density at radius 2 is 2.04 bits per heavy atom. The van der Waals surface area contributed by atoms with Gasteiger partial charge in [-0.2, -0.15) is 13.2 Å². The van der Waals surface area contributed by atoms with Crippen molar-refractivity contribution in [1.82, 2.24) is 14.9 Å². The molecule has 1 aromatic heterocycles. The highest BCUT2D eigenvalue weighted by Gasteiger charge is 2.41. The highest BCUT2D eigenvalue weighted by Crippen LogP contribution is 2.37. The van der Waals surface area contributed by atoms with Gasteiger partial charge in [0.05, 0.1) is 0 Å².